The second kappa shape index (κ2) is 9.13. The zero-order valence-electron chi connectivity index (χ0n) is 14.6. The fraction of sp³-hybridized carbons (Fsp3) is 0.222. The second-order valence-electron chi connectivity index (χ2n) is 5.54. The lowest BCUT2D eigenvalue weighted by molar-refractivity contribution is -0.387. The van der Waals surface area contributed by atoms with E-state index >= 15 is 0 Å². The van der Waals surface area contributed by atoms with Gasteiger partial charge in [-0.1, -0.05) is 12.1 Å². The van der Waals surface area contributed by atoms with Gasteiger partial charge in [0.05, 0.1) is 15.4 Å². The van der Waals surface area contributed by atoms with Crippen molar-refractivity contribution in [1.29, 1.82) is 0 Å². The van der Waals surface area contributed by atoms with E-state index in [9.17, 15) is 24.1 Å². The van der Waals surface area contributed by atoms with Crippen LogP contribution in [0.25, 0.3) is 0 Å². The third kappa shape index (κ3) is 5.52. The number of hydrogen-bond acceptors (Lipinski definition) is 6. The maximum Gasteiger partial charge on any atom is 0.339 e. The molecule has 2 rings (SSSR count). The molecule has 0 bridgehead atoms. The van der Waals surface area contributed by atoms with Gasteiger partial charge >= 0.3 is 5.97 Å². The first-order valence-corrected chi connectivity index (χ1v) is 9.10. The lowest BCUT2D eigenvalue weighted by Crippen LogP contribution is -2.35. The van der Waals surface area contributed by atoms with Crippen molar-refractivity contribution in [2.24, 2.45) is 0 Å². The van der Waals surface area contributed by atoms with Gasteiger partial charge in [-0.2, -0.15) is 0 Å². The fourth-order valence-corrected chi connectivity index (χ4v) is 2.72. The Kier molecular flexibility index (Phi) is 6.89. The van der Waals surface area contributed by atoms with Gasteiger partial charge in [0.1, 0.15) is 5.82 Å². The summed E-state index contributed by atoms with van der Waals surface area (Å²) in [4.78, 5) is 35.1. The molecule has 0 aliphatic carbocycles. The van der Waals surface area contributed by atoms with Crippen molar-refractivity contribution in [2.45, 2.75) is 24.5 Å². The summed E-state index contributed by atoms with van der Waals surface area (Å²) in [7, 11) is 0. The van der Waals surface area contributed by atoms with Gasteiger partial charge in [0.15, 0.2) is 6.10 Å². The van der Waals surface area contributed by atoms with Crippen LogP contribution in [-0.2, 0) is 16.1 Å². The first-order valence-electron chi connectivity index (χ1n) is 7.87. The number of nitrogens with zero attached hydrogens (tertiary/aromatic N) is 1. The molecule has 1 N–H and O–H groups in total. The molecule has 0 radical (unpaired) electrons. The first-order chi connectivity index (χ1) is 12.8. The Morgan fingerprint density at radius 1 is 1.26 bits per heavy atom. The van der Waals surface area contributed by atoms with E-state index in [0.29, 0.717) is 10.5 Å². The molecule has 0 aliphatic rings. The molecule has 0 fully saturated rings. The van der Waals surface area contributed by atoms with Crippen LogP contribution in [0.15, 0.2) is 47.4 Å². The van der Waals surface area contributed by atoms with Crippen molar-refractivity contribution >= 4 is 29.3 Å². The van der Waals surface area contributed by atoms with E-state index < -0.39 is 22.9 Å². The van der Waals surface area contributed by atoms with Crippen molar-refractivity contribution in [3.05, 3.63) is 69.5 Å². The lowest BCUT2D eigenvalue weighted by atomic mass is 10.2. The predicted molar refractivity (Wildman–Crippen MR) is 98.0 cm³/mol. The number of benzene rings is 2. The number of esters is 1. The summed E-state index contributed by atoms with van der Waals surface area (Å²) in [5.74, 6) is -1.76. The molecular formula is C18H17FN2O5S. The average molecular weight is 392 g/mol. The Morgan fingerprint density at radius 3 is 2.52 bits per heavy atom. The van der Waals surface area contributed by atoms with Crippen LogP contribution in [-0.4, -0.2) is 29.2 Å². The van der Waals surface area contributed by atoms with Crippen LogP contribution >= 0.6 is 11.8 Å². The minimum atomic E-state index is -1.10. The molecule has 7 nitrogen and oxygen atoms in total. The molecule has 2 aromatic carbocycles. The van der Waals surface area contributed by atoms with E-state index in [2.05, 4.69) is 5.32 Å². The van der Waals surface area contributed by atoms with Crippen LogP contribution in [0.2, 0.25) is 0 Å². The highest BCUT2D eigenvalue weighted by molar-refractivity contribution is 7.98. The second-order valence-corrected chi connectivity index (χ2v) is 6.38. The quantitative estimate of drug-likeness (QED) is 0.336. The molecule has 0 aliphatic heterocycles. The number of nitrogens with one attached hydrogen (secondary N) is 1. The summed E-state index contributed by atoms with van der Waals surface area (Å²) >= 11 is 1.19. The highest BCUT2D eigenvalue weighted by atomic mass is 32.2. The number of ether oxygens (including phenoxy) is 1. The summed E-state index contributed by atoms with van der Waals surface area (Å²) in [5.41, 5.74) is 0.467. The monoisotopic (exact) mass is 392 g/mol. The topological polar surface area (TPSA) is 98.5 Å². The standard InChI is InChI=1S/C18H17FN2O5S/c1-11(17(22)20-10-12-3-6-14(19)7-4-12)26-18(23)13-5-8-16(27-2)15(9-13)21(24)25/h3-9,11H,10H2,1-2H3,(H,20,22)/t11-/m1/s1. The molecule has 0 saturated heterocycles. The van der Waals surface area contributed by atoms with E-state index in [0.717, 1.165) is 6.07 Å². The number of carbonyl (C=O) groups is 2. The Hall–Kier alpha value is -2.94. The molecule has 1 atom stereocenters. The van der Waals surface area contributed by atoms with E-state index in [1.807, 2.05) is 0 Å². The predicted octanol–water partition coefficient (Wildman–Crippen LogP) is 3.32. The van der Waals surface area contributed by atoms with Crippen LogP contribution in [0.5, 0.6) is 0 Å². The van der Waals surface area contributed by atoms with Gasteiger partial charge in [-0.3, -0.25) is 14.9 Å². The number of amides is 1. The Morgan fingerprint density at radius 2 is 1.93 bits per heavy atom. The summed E-state index contributed by atoms with van der Waals surface area (Å²) in [5, 5.41) is 13.7. The molecule has 0 heterocycles. The summed E-state index contributed by atoms with van der Waals surface area (Å²) in [6, 6.07) is 9.59. The average Bonchev–Trinajstić information content (AvgIpc) is 2.66. The zero-order valence-corrected chi connectivity index (χ0v) is 15.4. The molecule has 9 heteroatoms. The first kappa shape index (κ1) is 20.4. The molecule has 142 valence electrons. The van der Waals surface area contributed by atoms with Gasteiger partial charge in [-0.15, -0.1) is 11.8 Å². The molecule has 0 spiro atoms. The van der Waals surface area contributed by atoms with E-state index in [1.54, 1.807) is 6.26 Å². The molecule has 1 amide bonds. The van der Waals surface area contributed by atoms with Gasteiger partial charge in [0.25, 0.3) is 11.6 Å². The summed E-state index contributed by atoms with van der Waals surface area (Å²) < 4.78 is 17.9. The normalized spacial score (nSPS) is 11.5. The van der Waals surface area contributed by atoms with Gasteiger partial charge in [0, 0.05) is 12.6 Å². The number of nitro groups is 1. The van der Waals surface area contributed by atoms with E-state index in [1.165, 1.54) is 55.1 Å². The number of carbonyl (C=O) groups excluding carboxylic acids is 2. The number of hydrogen-bond donors (Lipinski definition) is 1. The lowest BCUT2D eigenvalue weighted by Gasteiger charge is -2.14. The van der Waals surface area contributed by atoms with Gasteiger partial charge in [0.2, 0.25) is 0 Å². The number of rotatable bonds is 7. The maximum atomic E-state index is 12.9. The molecule has 0 saturated carbocycles. The van der Waals surface area contributed by atoms with Gasteiger partial charge in [-0.25, -0.2) is 9.18 Å². The van der Waals surface area contributed by atoms with Crippen LogP contribution < -0.4 is 5.32 Å². The van der Waals surface area contributed by atoms with Crippen LogP contribution in [0.3, 0.4) is 0 Å². The molecular weight excluding hydrogens is 375 g/mol. The van der Waals surface area contributed by atoms with Crippen molar-refractivity contribution in [3.8, 4) is 0 Å². The van der Waals surface area contributed by atoms with E-state index in [4.69, 9.17) is 4.74 Å². The van der Waals surface area contributed by atoms with Gasteiger partial charge < -0.3 is 10.1 Å². The molecule has 2 aromatic rings. The smallest absolute Gasteiger partial charge is 0.339 e. The van der Waals surface area contributed by atoms with Crippen molar-refractivity contribution in [2.75, 3.05) is 6.26 Å². The SMILES string of the molecule is CSc1ccc(C(=O)O[C@H](C)C(=O)NCc2ccc(F)cc2)cc1[N+](=O)[O-]. The minimum absolute atomic E-state index is 0.0160. The largest absolute Gasteiger partial charge is 0.449 e. The van der Waals surface area contributed by atoms with Crippen molar-refractivity contribution in [3.63, 3.8) is 0 Å². The summed E-state index contributed by atoms with van der Waals surface area (Å²) in [6.45, 7) is 1.54. The number of nitro benzene ring substituents is 1. The Labute approximate surface area is 159 Å². The maximum absolute atomic E-state index is 12.9. The number of thioether (sulfide) groups is 1. The van der Waals surface area contributed by atoms with Crippen LogP contribution in [0.4, 0.5) is 10.1 Å². The van der Waals surface area contributed by atoms with Crippen LogP contribution in [0, 0.1) is 15.9 Å². The van der Waals surface area contributed by atoms with E-state index in [-0.39, 0.29) is 23.6 Å². The van der Waals surface area contributed by atoms with Crippen LogP contribution in [0.1, 0.15) is 22.8 Å². The highest BCUT2D eigenvalue weighted by Gasteiger charge is 2.22. The molecule has 0 unspecified atom stereocenters. The molecule has 27 heavy (non-hydrogen) atoms. The van der Waals surface area contributed by atoms with Crippen molar-refractivity contribution < 1.29 is 23.6 Å². The Balaban J connectivity index is 1.97. The molecule has 0 aromatic heterocycles. The highest BCUT2D eigenvalue weighted by Crippen LogP contribution is 2.28. The third-order valence-corrected chi connectivity index (χ3v) is 4.43. The Bertz CT molecular complexity index is 857. The fourth-order valence-electron chi connectivity index (χ4n) is 2.18. The number of halogens is 1. The summed E-state index contributed by atoms with van der Waals surface area (Å²) in [6.07, 6.45) is 0.589. The zero-order chi connectivity index (χ0) is 20.0. The minimum Gasteiger partial charge on any atom is -0.449 e. The third-order valence-electron chi connectivity index (χ3n) is 3.64. The van der Waals surface area contributed by atoms with Gasteiger partial charge in [-0.05, 0) is 43.0 Å². The van der Waals surface area contributed by atoms with Crippen molar-refractivity contribution in [1.82, 2.24) is 5.32 Å².